The molecule has 0 spiro atoms. The minimum atomic E-state index is -0.679. The molecule has 1 rings (SSSR count). The molecule has 3 N–H and O–H groups in total. The summed E-state index contributed by atoms with van der Waals surface area (Å²) in [5.74, 6) is 0.00722. The zero-order chi connectivity index (χ0) is 11.3. The van der Waals surface area contributed by atoms with Gasteiger partial charge in [0.25, 0.3) is 0 Å². The van der Waals surface area contributed by atoms with Crippen LogP contribution in [0.15, 0.2) is 12.2 Å². The van der Waals surface area contributed by atoms with Gasteiger partial charge in [-0.15, -0.1) is 0 Å². The van der Waals surface area contributed by atoms with Gasteiger partial charge in [-0.2, -0.15) is 0 Å². The first-order chi connectivity index (χ1) is 7.12. The fraction of sp³-hybridized carbons (Fsp3) is 0.750. The molecular formula is C12H22N2O. The standard InChI is InChI=1S/C12H22N2O/c1-3-12(13,4-2)11(15)14-10-8-6-5-7-9-10/h5-6,10H,3-4,7-9,13H2,1-2H3,(H,14,15). The minimum Gasteiger partial charge on any atom is -0.351 e. The number of allylic oxidation sites excluding steroid dienone is 1. The fourth-order valence-electron chi connectivity index (χ4n) is 1.82. The first-order valence-electron chi connectivity index (χ1n) is 5.87. The summed E-state index contributed by atoms with van der Waals surface area (Å²) in [7, 11) is 0. The van der Waals surface area contributed by atoms with Crippen LogP contribution in [0, 0.1) is 0 Å². The number of nitrogens with two attached hydrogens (primary N) is 1. The van der Waals surface area contributed by atoms with E-state index in [4.69, 9.17) is 5.73 Å². The molecule has 86 valence electrons. The van der Waals surface area contributed by atoms with E-state index >= 15 is 0 Å². The monoisotopic (exact) mass is 210 g/mol. The van der Waals surface area contributed by atoms with Gasteiger partial charge >= 0.3 is 0 Å². The zero-order valence-electron chi connectivity index (χ0n) is 9.75. The highest BCUT2D eigenvalue weighted by molar-refractivity contribution is 5.86. The molecule has 1 atom stereocenters. The van der Waals surface area contributed by atoms with Crippen LogP contribution in [0.5, 0.6) is 0 Å². The molecule has 0 radical (unpaired) electrons. The summed E-state index contributed by atoms with van der Waals surface area (Å²) in [6.07, 6.45) is 8.71. The molecule has 3 nitrogen and oxygen atoms in total. The quantitative estimate of drug-likeness (QED) is 0.694. The van der Waals surface area contributed by atoms with Crippen LogP contribution in [0.3, 0.4) is 0 Å². The van der Waals surface area contributed by atoms with Crippen molar-refractivity contribution in [1.29, 1.82) is 0 Å². The number of amides is 1. The van der Waals surface area contributed by atoms with Crippen molar-refractivity contribution in [3.63, 3.8) is 0 Å². The van der Waals surface area contributed by atoms with Gasteiger partial charge in [0.1, 0.15) is 0 Å². The van der Waals surface area contributed by atoms with Crippen molar-refractivity contribution in [3.05, 3.63) is 12.2 Å². The van der Waals surface area contributed by atoms with Crippen molar-refractivity contribution >= 4 is 5.91 Å². The molecule has 1 unspecified atom stereocenters. The smallest absolute Gasteiger partial charge is 0.240 e. The van der Waals surface area contributed by atoms with Gasteiger partial charge in [0.2, 0.25) is 5.91 Å². The summed E-state index contributed by atoms with van der Waals surface area (Å²) in [6, 6.07) is 0.281. The molecule has 0 aromatic heterocycles. The number of nitrogens with one attached hydrogen (secondary N) is 1. The Morgan fingerprint density at radius 3 is 2.60 bits per heavy atom. The predicted molar refractivity (Wildman–Crippen MR) is 62.4 cm³/mol. The van der Waals surface area contributed by atoms with E-state index in [9.17, 15) is 4.79 Å². The van der Waals surface area contributed by atoms with Gasteiger partial charge in [0, 0.05) is 6.04 Å². The maximum Gasteiger partial charge on any atom is 0.240 e. The Kier molecular flexibility index (Phi) is 4.33. The van der Waals surface area contributed by atoms with E-state index in [0.717, 1.165) is 19.3 Å². The first-order valence-corrected chi connectivity index (χ1v) is 5.87. The van der Waals surface area contributed by atoms with Crippen LogP contribution in [0.2, 0.25) is 0 Å². The van der Waals surface area contributed by atoms with Crippen molar-refractivity contribution in [2.45, 2.75) is 57.5 Å². The molecule has 3 heteroatoms. The zero-order valence-corrected chi connectivity index (χ0v) is 9.75. The average molecular weight is 210 g/mol. The van der Waals surface area contributed by atoms with Crippen molar-refractivity contribution in [2.75, 3.05) is 0 Å². The molecule has 0 saturated heterocycles. The fourth-order valence-corrected chi connectivity index (χ4v) is 1.82. The van der Waals surface area contributed by atoms with E-state index in [0.29, 0.717) is 12.8 Å². The predicted octanol–water partition coefficient (Wildman–Crippen LogP) is 1.73. The van der Waals surface area contributed by atoms with Gasteiger partial charge in [0.15, 0.2) is 0 Å². The Morgan fingerprint density at radius 2 is 2.13 bits per heavy atom. The molecule has 0 aliphatic heterocycles. The molecule has 1 aliphatic carbocycles. The van der Waals surface area contributed by atoms with Crippen molar-refractivity contribution in [2.24, 2.45) is 5.73 Å². The van der Waals surface area contributed by atoms with Crippen molar-refractivity contribution < 1.29 is 4.79 Å². The van der Waals surface area contributed by atoms with Crippen LogP contribution in [0.4, 0.5) is 0 Å². The van der Waals surface area contributed by atoms with Crippen LogP contribution >= 0.6 is 0 Å². The Hall–Kier alpha value is -0.830. The van der Waals surface area contributed by atoms with Gasteiger partial charge in [-0.3, -0.25) is 4.79 Å². The summed E-state index contributed by atoms with van der Waals surface area (Å²) >= 11 is 0. The van der Waals surface area contributed by atoms with Crippen LogP contribution in [0.25, 0.3) is 0 Å². The summed E-state index contributed by atoms with van der Waals surface area (Å²) in [5.41, 5.74) is 5.35. The molecule has 0 heterocycles. The number of carbonyl (C=O) groups excluding carboxylic acids is 1. The number of hydrogen-bond donors (Lipinski definition) is 2. The molecule has 0 fully saturated rings. The third-order valence-electron chi connectivity index (χ3n) is 3.32. The minimum absolute atomic E-state index is 0.00722. The lowest BCUT2D eigenvalue weighted by Crippen LogP contribution is -2.55. The second-order valence-corrected chi connectivity index (χ2v) is 4.32. The van der Waals surface area contributed by atoms with Gasteiger partial charge in [-0.1, -0.05) is 26.0 Å². The average Bonchev–Trinajstić information content (AvgIpc) is 2.29. The van der Waals surface area contributed by atoms with Crippen LogP contribution in [-0.2, 0) is 4.79 Å². The van der Waals surface area contributed by atoms with Gasteiger partial charge < -0.3 is 11.1 Å². The lowest BCUT2D eigenvalue weighted by Gasteiger charge is -2.29. The highest BCUT2D eigenvalue weighted by atomic mass is 16.2. The number of rotatable bonds is 4. The van der Waals surface area contributed by atoms with Crippen LogP contribution < -0.4 is 11.1 Å². The van der Waals surface area contributed by atoms with Gasteiger partial charge in [-0.25, -0.2) is 0 Å². The maximum absolute atomic E-state index is 11.9. The Bertz CT molecular complexity index is 244. The molecule has 1 amide bonds. The molecule has 0 aromatic rings. The maximum atomic E-state index is 11.9. The van der Waals surface area contributed by atoms with Crippen LogP contribution in [0.1, 0.15) is 46.0 Å². The lowest BCUT2D eigenvalue weighted by molar-refractivity contribution is -0.127. The second-order valence-electron chi connectivity index (χ2n) is 4.32. The molecule has 0 aromatic carbocycles. The third-order valence-corrected chi connectivity index (χ3v) is 3.32. The largest absolute Gasteiger partial charge is 0.351 e. The van der Waals surface area contributed by atoms with E-state index in [2.05, 4.69) is 17.5 Å². The summed E-state index contributed by atoms with van der Waals surface area (Å²) in [4.78, 5) is 11.9. The van der Waals surface area contributed by atoms with E-state index in [1.807, 2.05) is 13.8 Å². The highest BCUT2D eigenvalue weighted by Crippen LogP contribution is 2.15. The lowest BCUT2D eigenvalue weighted by atomic mass is 9.92. The van der Waals surface area contributed by atoms with E-state index in [1.165, 1.54) is 0 Å². The molecule has 1 aliphatic rings. The molecule has 0 saturated carbocycles. The molecule has 15 heavy (non-hydrogen) atoms. The summed E-state index contributed by atoms with van der Waals surface area (Å²) in [6.45, 7) is 3.92. The Balaban J connectivity index is 2.50. The Labute approximate surface area is 92.1 Å². The van der Waals surface area contributed by atoms with Crippen LogP contribution in [-0.4, -0.2) is 17.5 Å². The van der Waals surface area contributed by atoms with Crippen molar-refractivity contribution in [1.82, 2.24) is 5.32 Å². The molecule has 0 bridgehead atoms. The number of carbonyl (C=O) groups is 1. The van der Waals surface area contributed by atoms with Crippen molar-refractivity contribution in [3.8, 4) is 0 Å². The first kappa shape index (κ1) is 12.2. The normalized spacial score (nSPS) is 21.4. The molecular weight excluding hydrogens is 188 g/mol. The SMILES string of the molecule is CCC(N)(CC)C(=O)NC1CC=CCC1. The summed E-state index contributed by atoms with van der Waals surface area (Å²) in [5, 5.41) is 3.05. The number of hydrogen-bond acceptors (Lipinski definition) is 2. The van der Waals surface area contributed by atoms with E-state index in [1.54, 1.807) is 0 Å². The topological polar surface area (TPSA) is 55.1 Å². The second kappa shape index (κ2) is 5.31. The highest BCUT2D eigenvalue weighted by Gasteiger charge is 2.31. The van der Waals surface area contributed by atoms with Gasteiger partial charge in [0.05, 0.1) is 5.54 Å². The van der Waals surface area contributed by atoms with E-state index in [-0.39, 0.29) is 11.9 Å². The third kappa shape index (κ3) is 3.06. The Morgan fingerprint density at radius 1 is 1.47 bits per heavy atom. The van der Waals surface area contributed by atoms with Gasteiger partial charge in [-0.05, 0) is 32.1 Å². The summed E-state index contributed by atoms with van der Waals surface area (Å²) < 4.78 is 0. The van der Waals surface area contributed by atoms with E-state index < -0.39 is 5.54 Å².